The number of nitrogens with zero attached hydrogens (tertiary/aromatic N) is 2. The van der Waals surface area contributed by atoms with Crippen LogP contribution in [0.15, 0.2) is 28.8 Å². The third-order valence-corrected chi connectivity index (χ3v) is 4.05. The first-order valence-electron chi connectivity index (χ1n) is 7.65. The van der Waals surface area contributed by atoms with Gasteiger partial charge in [0.25, 0.3) is 0 Å². The second kappa shape index (κ2) is 8.08. The van der Waals surface area contributed by atoms with E-state index in [0.29, 0.717) is 5.82 Å². The molecule has 2 rings (SSSR count). The highest BCUT2D eigenvalue weighted by atomic mass is 32.2. The minimum Gasteiger partial charge on any atom is -0.337 e. The Morgan fingerprint density at radius 2 is 2.00 bits per heavy atom. The zero-order valence-corrected chi connectivity index (χ0v) is 15.1. The van der Waals surface area contributed by atoms with Crippen molar-refractivity contribution in [3.63, 3.8) is 0 Å². The molecule has 0 aliphatic rings. The summed E-state index contributed by atoms with van der Waals surface area (Å²) in [5.74, 6) is 0.738. The average molecular weight is 367 g/mol. The van der Waals surface area contributed by atoms with Crippen LogP contribution in [0.1, 0.15) is 24.4 Å². The highest BCUT2D eigenvalue weighted by molar-refractivity contribution is 7.88. The van der Waals surface area contributed by atoms with E-state index < -0.39 is 22.1 Å². The van der Waals surface area contributed by atoms with Crippen LogP contribution in [0.4, 0.5) is 4.79 Å². The van der Waals surface area contributed by atoms with Crippen molar-refractivity contribution in [2.45, 2.75) is 19.9 Å². The third kappa shape index (κ3) is 5.84. The summed E-state index contributed by atoms with van der Waals surface area (Å²) in [6.45, 7) is 3.93. The molecule has 0 fully saturated rings. The Kier molecular flexibility index (Phi) is 6.10. The van der Waals surface area contributed by atoms with Crippen LogP contribution in [0.5, 0.6) is 0 Å². The van der Waals surface area contributed by atoms with Gasteiger partial charge in [-0.25, -0.2) is 17.9 Å². The Hall–Kier alpha value is -2.46. The van der Waals surface area contributed by atoms with E-state index >= 15 is 0 Å². The zero-order valence-electron chi connectivity index (χ0n) is 14.2. The number of hydrogen-bond acceptors (Lipinski definition) is 6. The summed E-state index contributed by atoms with van der Waals surface area (Å²) in [4.78, 5) is 16.1. The van der Waals surface area contributed by atoms with Gasteiger partial charge in [0.2, 0.25) is 21.7 Å². The summed E-state index contributed by atoms with van der Waals surface area (Å²) in [5.41, 5.74) is 1.88. The van der Waals surface area contributed by atoms with Gasteiger partial charge in [-0.1, -0.05) is 29.4 Å². The number of aryl methyl sites for hydroxylation is 1. The van der Waals surface area contributed by atoms with Gasteiger partial charge in [0.15, 0.2) is 0 Å². The molecular weight excluding hydrogens is 346 g/mol. The molecule has 0 saturated carbocycles. The summed E-state index contributed by atoms with van der Waals surface area (Å²) in [6.07, 6.45) is 1.05. The van der Waals surface area contributed by atoms with Crippen molar-refractivity contribution in [1.29, 1.82) is 0 Å². The first-order valence-corrected chi connectivity index (χ1v) is 9.54. The number of sulfonamides is 1. The molecule has 9 nitrogen and oxygen atoms in total. The lowest BCUT2D eigenvalue weighted by Gasteiger charge is -2.11. The third-order valence-electron chi connectivity index (χ3n) is 3.32. The second-order valence-corrected chi connectivity index (χ2v) is 7.39. The second-order valence-electron chi connectivity index (χ2n) is 5.56. The normalized spacial score (nSPS) is 12.6. The average Bonchev–Trinajstić information content (AvgIpc) is 3.01. The molecule has 1 aromatic heterocycles. The first kappa shape index (κ1) is 18.9. The van der Waals surface area contributed by atoms with Crippen molar-refractivity contribution < 1.29 is 17.7 Å². The number of carbonyl (C=O) groups excluding carboxylic acids is 1. The highest BCUT2D eigenvalue weighted by Crippen LogP contribution is 2.21. The number of rotatable bonds is 7. The predicted molar refractivity (Wildman–Crippen MR) is 92.3 cm³/mol. The maximum absolute atomic E-state index is 11.8. The Bertz CT molecular complexity index is 834. The Morgan fingerprint density at radius 1 is 1.28 bits per heavy atom. The molecule has 1 heterocycles. The molecule has 2 amide bonds. The zero-order chi connectivity index (χ0) is 18.4. The molecule has 0 radical (unpaired) electrons. The van der Waals surface area contributed by atoms with Crippen LogP contribution >= 0.6 is 0 Å². The Morgan fingerprint density at radius 3 is 2.68 bits per heavy atom. The van der Waals surface area contributed by atoms with Crippen LogP contribution < -0.4 is 15.4 Å². The summed E-state index contributed by atoms with van der Waals surface area (Å²) < 4.78 is 29.3. The van der Waals surface area contributed by atoms with E-state index in [1.54, 1.807) is 6.92 Å². The number of carbonyl (C=O) groups is 1. The molecule has 0 aliphatic carbocycles. The topological polar surface area (TPSA) is 126 Å². The Labute approximate surface area is 146 Å². The van der Waals surface area contributed by atoms with Gasteiger partial charge >= 0.3 is 6.03 Å². The summed E-state index contributed by atoms with van der Waals surface area (Å²) in [5, 5.41) is 9.13. The number of nitrogens with one attached hydrogen (secondary N) is 3. The van der Waals surface area contributed by atoms with E-state index in [-0.39, 0.29) is 19.0 Å². The summed E-state index contributed by atoms with van der Waals surface area (Å²) >= 11 is 0. The predicted octanol–water partition coefficient (Wildman–Crippen LogP) is 0.954. The van der Waals surface area contributed by atoms with Crippen molar-refractivity contribution in [1.82, 2.24) is 25.5 Å². The lowest BCUT2D eigenvalue weighted by atomic mass is 10.1. The van der Waals surface area contributed by atoms with E-state index in [4.69, 9.17) is 4.52 Å². The minimum absolute atomic E-state index is 0.110. The van der Waals surface area contributed by atoms with E-state index in [1.807, 2.05) is 31.2 Å². The number of aromatic nitrogens is 2. The molecule has 0 unspecified atom stereocenters. The maximum atomic E-state index is 11.8. The van der Waals surface area contributed by atoms with E-state index in [0.717, 1.165) is 17.4 Å². The fourth-order valence-corrected chi connectivity index (χ4v) is 2.54. The molecule has 136 valence electrons. The summed E-state index contributed by atoms with van der Waals surface area (Å²) in [6, 6.07) is 6.70. The lowest BCUT2D eigenvalue weighted by molar-refractivity contribution is 0.234. The summed E-state index contributed by atoms with van der Waals surface area (Å²) in [7, 11) is -3.27. The van der Waals surface area contributed by atoms with E-state index in [2.05, 4.69) is 25.5 Å². The lowest BCUT2D eigenvalue weighted by Crippen LogP contribution is -2.41. The van der Waals surface area contributed by atoms with Crippen LogP contribution in [0.3, 0.4) is 0 Å². The van der Waals surface area contributed by atoms with Crippen molar-refractivity contribution in [3.8, 4) is 11.4 Å². The highest BCUT2D eigenvalue weighted by Gasteiger charge is 2.17. The van der Waals surface area contributed by atoms with Crippen LogP contribution in [0.2, 0.25) is 0 Å². The Balaban J connectivity index is 1.88. The standard InChI is InChI=1S/C15H21N5O4S/c1-10-6-4-5-7-12(10)13-19-14(24-20-13)11(2)18-15(21)16-8-9-17-25(3,22)23/h4-7,11,17H,8-9H2,1-3H3,(H2,16,18,21)/t11-/m1/s1. The van der Waals surface area contributed by atoms with Gasteiger partial charge in [0, 0.05) is 18.7 Å². The molecule has 0 spiro atoms. The fourth-order valence-electron chi connectivity index (χ4n) is 2.07. The molecule has 25 heavy (non-hydrogen) atoms. The number of urea groups is 1. The SMILES string of the molecule is Cc1ccccc1-c1noc([C@@H](C)NC(=O)NCCNS(C)(=O)=O)n1. The molecule has 3 N–H and O–H groups in total. The maximum Gasteiger partial charge on any atom is 0.315 e. The molecule has 2 aromatic rings. The van der Waals surface area contributed by atoms with Gasteiger partial charge in [-0.2, -0.15) is 4.98 Å². The van der Waals surface area contributed by atoms with Crippen molar-refractivity contribution in [2.24, 2.45) is 0 Å². The molecule has 1 atom stereocenters. The fraction of sp³-hybridized carbons (Fsp3) is 0.400. The molecule has 0 bridgehead atoms. The largest absolute Gasteiger partial charge is 0.337 e. The van der Waals surface area contributed by atoms with Gasteiger partial charge in [0.1, 0.15) is 6.04 Å². The van der Waals surface area contributed by atoms with Crippen LogP contribution in [-0.4, -0.2) is 43.9 Å². The minimum atomic E-state index is -3.27. The van der Waals surface area contributed by atoms with Gasteiger partial charge < -0.3 is 15.2 Å². The van der Waals surface area contributed by atoms with Gasteiger partial charge in [-0.15, -0.1) is 0 Å². The van der Waals surface area contributed by atoms with Crippen molar-refractivity contribution >= 4 is 16.1 Å². The molecule has 10 heteroatoms. The van der Waals surface area contributed by atoms with Crippen LogP contribution in [-0.2, 0) is 10.0 Å². The van der Waals surface area contributed by atoms with Gasteiger partial charge in [-0.3, -0.25) is 0 Å². The van der Waals surface area contributed by atoms with Gasteiger partial charge in [0.05, 0.1) is 6.26 Å². The molecule has 1 aromatic carbocycles. The number of amides is 2. The monoisotopic (exact) mass is 367 g/mol. The van der Waals surface area contributed by atoms with E-state index in [1.165, 1.54) is 0 Å². The molecular formula is C15H21N5O4S. The quantitative estimate of drug-likeness (QED) is 0.626. The van der Waals surface area contributed by atoms with Crippen molar-refractivity contribution in [2.75, 3.05) is 19.3 Å². The van der Waals surface area contributed by atoms with Crippen LogP contribution in [0.25, 0.3) is 11.4 Å². The van der Waals surface area contributed by atoms with E-state index in [9.17, 15) is 13.2 Å². The smallest absolute Gasteiger partial charge is 0.315 e. The number of benzene rings is 1. The molecule has 0 saturated heterocycles. The van der Waals surface area contributed by atoms with Crippen LogP contribution in [0, 0.1) is 6.92 Å². The molecule has 0 aliphatic heterocycles. The number of hydrogen-bond donors (Lipinski definition) is 3. The first-order chi connectivity index (χ1) is 11.8. The van der Waals surface area contributed by atoms with Crippen molar-refractivity contribution in [3.05, 3.63) is 35.7 Å². The van der Waals surface area contributed by atoms with Gasteiger partial charge in [-0.05, 0) is 19.4 Å².